The second-order valence-corrected chi connectivity index (χ2v) is 6.70. The highest BCUT2D eigenvalue weighted by Gasteiger charge is 2.06. The Hall–Kier alpha value is -1.54. The Morgan fingerprint density at radius 3 is 2.12 bits per heavy atom. The van der Waals surface area contributed by atoms with Gasteiger partial charge in [0.15, 0.2) is 0 Å². The van der Waals surface area contributed by atoms with Gasteiger partial charge in [0.1, 0.15) is 5.75 Å². The fourth-order valence-electron chi connectivity index (χ4n) is 1.80. The van der Waals surface area contributed by atoms with Gasteiger partial charge in [0.2, 0.25) is 9.04 Å². The summed E-state index contributed by atoms with van der Waals surface area (Å²) < 4.78 is 5.97. The lowest BCUT2D eigenvalue weighted by atomic mass is 10.2. The van der Waals surface area contributed by atoms with Gasteiger partial charge in [0.25, 0.3) is 0 Å². The number of benzene rings is 2. The van der Waals surface area contributed by atoms with Crippen molar-refractivity contribution in [2.75, 3.05) is 0 Å². The first-order valence-electron chi connectivity index (χ1n) is 6.10. The highest BCUT2D eigenvalue weighted by atomic mass is 28.3. The molecule has 1 nitrogen and oxygen atoms in total. The molecule has 0 spiro atoms. The number of hydrogen-bond donors (Lipinski definition) is 0. The van der Waals surface area contributed by atoms with E-state index in [0.717, 1.165) is 12.2 Å². The van der Waals surface area contributed by atoms with E-state index in [1.165, 1.54) is 11.6 Å². The van der Waals surface area contributed by atoms with E-state index in [-0.39, 0.29) is 0 Å². The van der Waals surface area contributed by atoms with Crippen molar-refractivity contribution in [3.63, 3.8) is 0 Å². The minimum Gasteiger partial charge on any atom is -0.547 e. The van der Waals surface area contributed by atoms with Gasteiger partial charge in [-0.3, -0.25) is 0 Å². The summed E-state index contributed by atoms with van der Waals surface area (Å²) in [5, 5.41) is 0. The lowest BCUT2D eigenvalue weighted by Crippen LogP contribution is -2.17. The number of rotatable bonds is 5. The van der Waals surface area contributed by atoms with Crippen molar-refractivity contribution in [3.8, 4) is 5.75 Å². The summed E-state index contributed by atoms with van der Waals surface area (Å²) >= 11 is 0. The van der Waals surface area contributed by atoms with Crippen LogP contribution in [0.1, 0.15) is 5.56 Å². The first-order chi connectivity index (χ1) is 8.34. The van der Waals surface area contributed by atoms with Gasteiger partial charge in [-0.1, -0.05) is 48.5 Å². The van der Waals surface area contributed by atoms with Gasteiger partial charge in [-0.25, -0.2) is 0 Å². The Kier molecular flexibility index (Phi) is 4.39. The summed E-state index contributed by atoms with van der Waals surface area (Å²) in [6.45, 7) is 2.26. The topological polar surface area (TPSA) is 9.23 Å². The zero-order chi connectivity index (χ0) is 11.9. The lowest BCUT2D eigenvalue weighted by Gasteiger charge is -2.13. The van der Waals surface area contributed by atoms with Crippen LogP contribution in [0.5, 0.6) is 5.75 Å². The molecule has 0 saturated carbocycles. The fourth-order valence-corrected chi connectivity index (χ4v) is 3.28. The van der Waals surface area contributed by atoms with Crippen molar-refractivity contribution in [3.05, 3.63) is 66.2 Å². The highest BCUT2D eigenvalue weighted by molar-refractivity contribution is 6.51. The Bertz CT molecular complexity index is 427. The number of hydrogen-bond acceptors (Lipinski definition) is 1. The minimum absolute atomic E-state index is 1.01. The molecule has 0 aliphatic carbocycles. The molecule has 2 aromatic carbocycles. The SMILES string of the molecule is C[SiH](CCc1ccccc1)Oc1ccccc1. The molecule has 0 radical (unpaired) electrons. The Morgan fingerprint density at radius 2 is 1.47 bits per heavy atom. The van der Waals surface area contributed by atoms with Gasteiger partial charge in [-0.2, -0.15) is 0 Å². The summed E-state index contributed by atoms with van der Waals surface area (Å²) in [7, 11) is -1.10. The molecule has 1 unspecified atom stereocenters. The number of para-hydroxylation sites is 1. The monoisotopic (exact) mass is 242 g/mol. The quantitative estimate of drug-likeness (QED) is 0.727. The summed E-state index contributed by atoms with van der Waals surface area (Å²) in [4.78, 5) is 0. The van der Waals surface area contributed by atoms with E-state index in [0.29, 0.717) is 0 Å². The predicted molar refractivity (Wildman–Crippen MR) is 75.0 cm³/mol. The van der Waals surface area contributed by atoms with Crippen LogP contribution in [-0.2, 0) is 6.42 Å². The van der Waals surface area contributed by atoms with Crippen molar-refractivity contribution in [1.82, 2.24) is 0 Å². The van der Waals surface area contributed by atoms with E-state index in [4.69, 9.17) is 4.43 Å². The van der Waals surface area contributed by atoms with Crippen molar-refractivity contribution >= 4 is 9.04 Å². The molecule has 0 heterocycles. The van der Waals surface area contributed by atoms with Crippen molar-refractivity contribution in [2.45, 2.75) is 19.0 Å². The van der Waals surface area contributed by atoms with E-state index in [1.807, 2.05) is 30.3 Å². The molecule has 2 rings (SSSR count). The lowest BCUT2D eigenvalue weighted by molar-refractivity contribution is 0.570. The average molecular weight is 242 g/mol. The van der Waals surface area contributed by atoms with Gasteiger partial charge >= 0.3 is 0 Å². The van der Waals surface area contributed by atoms with Crippen LogP contribution in [0.25, 0.3) is 0 Å². The van der Waals surface area contributed by atoms with Gasteiger partial charge in [-0.15, -0.1) is 0 Å². The molecule has 0 aromatic heterocycles. The Morgan fingerprint density at radius 1 is 0.882 bits per heavy atom. The maximum absolute atomic E-state index is 5.97. The molecule has 0 aliphatic heterocycles. The molecule has 0 amide bonds. The molecular weight excluding hydrogens is 224 g/mol. The van der Waals surface area contributed by atoms with E-state index in [2.05, 4.69) is 36.9 Å². The van der Waals surface area contributed by atoms with Gasteiger partial charge in [0.05, 0.1) is 0 Å². The molecule has 2 aromatic rings. The third kappa shape index (κ3) is 4.08. The summed E-state index contributed by atoms with van der Waals surface area (Å²) in [6, 6.07) is 21.9. The van der Waals surface area contributed by atoms with Crippen LogP contribution in [0, 0.1) is 0 Å². The number of aryl methyl sites for hydroxylation is 1. The van der Waals surface area contributed by atoms with E-state index >= 15 is 0 Å². The summed E-state index contributed by atoms with van der Waals surface area (Å²) in [6.07, 6.45) is 1.13. The van der Waals surface area contributed by atoms with Crippen LogP contribution in [0.3, 0.4) is 0 Å². The predicted octanol–water partition coefficient (Wildman–Crippen LogP) is 3.66. The molecule has 2 heteroatoms. The molecule has 88 valence electrons. The van der Waals surface area contributed by atoms with Gasteiger partial charge in [0, 0.05) is 0 Å². The van der Waals surface area contributed by atoms with Crippen molar-refractivity contribution < 1.29 is 4.43 Å². The zero-order valence-electron chi connectivity index (χ0n) is 10.2. The Balaban J connectivity index is 1.80. The van der Waals surface area contributed by atoms with Crippen LogP contribution in [-0.4, -0.2) is 9.04 Å². The van der Waals surface area contributed by atoms with Crippen molar-refractivity contribution in [2.24, 2.45) is 0 Å². The molecule has 0 aliphatic rings. The smallest absolute Gasteiger partial charge is 0.232 e. The second-order valence-electron chi connectivity index (χ2n) is 4.27. The van der Waals surface area contributed by atoms with Crippen LogP contribution in [0.2, 0.25) is 12.6 Å². The first-order valence-corrected chi connectivity index (χ1v) is 8.54. The summed E-state index contributed by atoms with van der Waals surface area (Å²) in [5.41, 5.74) is 1.41. The van der Waals surface area contributed by atoms with Crippen LogP contribution in [0.15, 0.2) is 60.7 Å². The second kappa shape index (κ2) is 6.26. The molecule has 0 N–H and O–H groups in total. The molecule has 0 fully saturated rings. The maximum atomic E-state index is 5.97. The Labute approximate surface area is 105 Å². The van der Waals surface area contributed by atoms with E-state index in [9.17, 15) is 0 Å². The molecular formula is C15H18OSi. The zero-order valence-corrected chi connectivity index (χ0v) is 11.3. The molecule has 1 atom stereocenters. The van der Waals surface area contributed by atoms with Gasteiger partial charge < -0.3 is 4.43 Å². The minimum atomic E-state index is -1.10. The maximum Gasteiger partial charge on any atom is 0.232 e. The van der Waals surface area contributed by atoms with Crippen molar-refractivity contribution in [1.29, 1.82) is 0 Å². The van der Waals surface area contributed by atoms with Crippen LogP contribution >= 0.6 is 0 Å². The van der Waals surface area contributed by atoms with E-state index < -0.39 is 9.04 Å². The summed E-state index contributed by atoms with van der Waals surface area (Å²) in [5.74, 6) is 1.01. The largest absolute Gasteiger partial charge is 0.547 e. The third-order valence-electron chi connectivity index (χ3n) is 2.76. The average Bonchev–Trinajstić information content (AvgIpc) is 2.39. The van der Waals surface area contributed by atoms with E-state index in [1.54, 1.807) is 0 Å². The van der Waals surface area contributed by atoms with Crippen LogP contribution < -0.4 is 4.43 Å². The molecule has 17 heavy (non-hydrogen) atoms. The third-order valence-corrected chi connectivity index (χ3v) is 4.54. The van der Waals surface area contributed by atoms with Gasteiger partial charge in [-0.05, 0) is 36.7 Å². The molecule has 0 bridgehead atoms. The normalized spacial score (nSPS) is 12.1. The molecule has 0 saturated heterocycles. The standard InChI is InChI=1S/C15H18OSi/c1-17(16-15-10-6-3-7-11-15)13-12-14-8-4-2-5-9-14/h2-11,17H,12-13H2,1H3. The highest BCUT2D eigenvalue weighted by Crippen LogP contribution is 2.12. The van der Waals surface area contributed by atoms with Crippen LogP contribution in [0.4, 0.5) is 0 Å². The fraction of sp³-hybridized carbons (Fsp3) is 0.200. The first kappa shape index (κ1) is 11.9.